The van der Waals surface area contributed by atoms with Crippen LogP contribution in [0.4, 0.5) is 0 Å². The number of carbonyl (C=O) groups is 1. The van der Waals surface area contributed by atoms with Crippen LogP contribution in [0.3, 0.4) is 0 Å². The number of allylic oxidation sites excluding steroid dienone is 2. The van der Waals surface area contributed by atoms with Gasteiger partial charge in [-0.15, -0.1) is 0 Å². The fraction of sp³-hybridized carbons (Fsp3) is 0.250. The second-order valence-electron chi connectivity index (χ2n) is 7.01. The summed E-state index contributed by atoms with van der Waals surface area (Å²) < 4.78 is 1.56. The number of aliphatic imine (C=N–C) groups is 1. The Morgan fingerprint density at radius 3 is 2.29 bits per heavy atom. The third-order valence-electron chi connectivity index (χ3n) is 5.10. The largest absolute Gasteiger partial charge is 0.398 e. The highest BCUT2D eigenvalue weighted by atomic mass is 16.1. The van der Waals surface area contributed by atoms with Crippen LogP contribution in [-0.4, -0.2) is 21.5 Å². The number of hydrogen-bond donors (Lipinski definition) is 4. The van der Waals surface area contributed by atoms with Gasteiger partial charge in [0.25, 0.3) is 5.91 Å². The normalized spacial score (nSPS) is 16.3. The van der Waals surface area contributed by atoms with Crippen molar-refractivity contribution in [3.63, 3.8) is 0 Å². The first kappa shape index (κ1) is 19.2. The minimum absolute atomic E-state index is 0.190. The van der Waals surface area contributed by atoms with E-state index in [0.717, 1.165) is 30.4 Å². The maximum Gasteiger partial charge on any atom is 0.281 e. The average molecular weight is 379 g/mol. The maximum absolute atomic E-state index is 12.4. The molecule has 8 heteroatoms. The van der Waals surface area contributed by atoms with Crippen molar-refractivity contribution in [2.45, 2.75) is 24.7 Å². The number of nitrogens with zero attached hydrogens (tertiary/aromatic N) is 3. The predicted molar refractivity (Wildman–Crippen MR) is 110 cm³/mol. The number of aryl methyl sites for hydroxylation is 1. The van der Waals surface area contributed by atoms with E-state index in [1.165, 1.54) is 6.20 Å². The first-order valence-electron chi connectivity index (χ1n) is 8.99. The number of aromatic nitrogens is 2. The highest BCUT2D eigenvalue weighted by Gasteiger charge is 2.42. The zero-order chi connectivity index (χ0) is 20.3. The lowest BCUT2D eigenvalue weighted by Gasteiger charge is -2.41. The van der Waals surface area contributed by atoms with Crippen molar-refractivity contribution in [2.75, 3.05) is 0 Å². The summed E-state index contributed by atoms with van der Waals surface area (Å²) in [5.41, 5.74) is 25.6. The lowest BCUT2D eigenvalue weighted by molar-refractivity contribution is 0.100. The van der Waals surface area contributed by atoms with Crippen molar-refractivity contribution in [2.24, 2.45) is 35.0 Å². The minimum Gasteiger partial charge on any atom is -0.398 e. The van der Waals surface area contributed by atoms with Crippen LogP contribution in [0.2, 0.25) is 0 Å². The molecule has 1 aromatic carbocycles. The fourth-order valence-electron chi connectivity index (χ4n) is 3.30. The lowest BCUT2D eigenvalue weighted by atomic mass is 9.63. The topological polar surface area (TPSA) is 151 Å². The van der Waals surface area contributed by atoms with Crippen LogP contribution < -0.4 is 22.9 Å². The Bertz CT molecular complexity index is 959. The summed E-state index contributed by atoms with van der Waals surface area (Å²) in [4.78, 5) is 16.6. The first-order valence-corrected chi connectivity index (χ1v) is 8.99. The Hall–Kier alpha value is -3.55. The van der Waals surface area contributed by atoms with Gasteiger partial charge in [-0.1, -0.05) is 30.7 Å². The van der Waals surface area contributed by atoms with E-state index in [2.05, 4.69) is 10.1 Å². The molecule has 0 spiro atoms. The molecule has 3 rings (SSSR count). The third-order valence-corrected chi connectivity index (χ3v) is 5.10. The Labute approximate surface area is 163 Å². The van der Waals surface area contributed by atoms with Crippen molar-refractivity contribution in [3.05, 3.63) is 71.3 Å². The van der Waals surface area contributed by atoms with Crippen LogP contribution in [0.15, 0.2) is 59.6 Å². The zero-order valence-corrected chi connectivity index (χ0v) is 15.8. The molecule has 0 saturated heterocycles. The van der Waals surface area contributed by atoms with E-state index >= 15 is 0 Å². The number of rotatable bonds is 5. The summed E-state index contributed by atoms with van der Waals surface area (Å²) in [6.45, 7) is 0. The highest BCUT2D eigenvalue weighted by Crippen LogP contribution is 2.44. The van der Waals surface area contributed by atoms with Gasteiger partial charge in [0.1, 0.15) is 5.84 Å². The number of carbonyl (C=O) groups excluding carboxylic acids is 1. The van der Waals surface area contributed by atoms with E-state index in [1.54, 1.807) is 30.1 Å². The molecule has 1 saturated carbocycles. The average Bonchev–Trinajstić information content (AvgIpc) is 3.06. The van der Waals surface area contributed by atoms with Gasteiger partial charge in [0.15, 0.2) is 0 Å². The van der Waals surface area contributed by atoms with Gasteiger partial charge < -0.3 is 22.9 Å². The van der Waals surface area contributed by atoms with E-state index in [0.29, 0.717) is 17.1 Å². The smallest absolute Gasteiger partial charge is 0.281 e. The van der Waals surface area contributed by atoms with E-state index in [1.807, 2.05) is 24.3 Å². The second kappa shape index (κ2) is 7.59. The van der Waals surface area contributed by atoms with Gasteiger partial charge in [-0.05, 0) is 36.1 Å². The number of hydrogen-bond acceptors (Lipinski definition) is 5. The number of benzene rings is 1. The number of amidine groups is 1. The summed E-state index contributed by atoms with van der Waals surface area (Å²) in [6, 6.07) is 7.78. The third kappa shape index (κ3) is 3.75. The number of amides is 1. The Balaban J connectivity index is 1.85. The molecule has 1 heterocycles. The van der Waals surface area contributed by atoms with Crippen molar-refractivity contribution < 1.29 is 4.79 Å². The molecule has 0 unspecified atom stereocenters. The second-order valence-corrected chi connectivity index (χ2v) is 7.01. The first-order chi connectivity index (χ1) is 13.3. The van der Waals surface area contributed by atoms with Crippen molar-refractivity contribution in [3.8, 4) is 0 Å². The highest BCUT2D eigenvalue weighted by molar-refractivity contribution is 6.06. The molecule has 0 aliphatic heterocycles. The Morgan fingerprint density at radius 2 is 1.79 bits per heavy atom. The molecule has 1 aliphatic rings. The fourth-order valence-corrected chi connectivity index (χ4v) is 3.30. The quantitative estimate of drug-likeness (QED) is 0.347. The molecule has 28 heavy (non-hydrogen) atoms. The summed E-state index contributed by atoms with van der Waals surface area (Å²) in [5, 5.41) is 4.00. The van der Waals surface area contributed by atoms with E-state index in [9.17, 15) is 4.79 Å². The lowest BCUT2D eigenvalue weighted by Crippen LogP contribution is -2.47. The van der Waals surface area contributed by atoms with Gasteiger partial charge in [0, 0.05) is 18.9 Å². The molecule has 1 amide bonds. The molecule has 1 fully saturated rings. The summed E-state index contributed by atoms with van der Waals surface area (Å²) in [5.74, 6) is 0.143. The van der Waals surface area contributed by atoms with Gasteiger partial charge in [-0.3, -0.25) is 9.48 Å². The summed E-state index contributed by atoms with van der Waals surface area (Å²) >= 11 is 0. The van der Waals surface area contributed by atoms with Gasteiger partial charge in [-0.2, -0.15) is 10.1 Å². The van der Waals surface area contributed by atoms with Gasteiger partial charge in [0.05, 0.1) is 23.0 Å². The van der Waals surface area contributed by atoms with E-state index in [-0.39, 0.29) is 11.7 Å². The molecule has 146 valence electrons. The molecule has 1 aliphatic carbocycles. The van der Waals surface area contributed by atoms with Crippen LogP contribution in [0, 0.1) is 0 Å². The van der Waals surface area contributed by atoms with Crippen LogP contribution >= 0.6 is 0 Å². The molecule has 1 aromatic heterocycles. The molecule has 0 bridgehead atoms. The van der Waals surface area contributed by atoms with Crippen LogP contribution in [0.5, 0.6) is 0 Å². The zero-order valence-electron chi connectivity index (χ0n) is 15.8. The predicted octanol–water partition coefficient (Wildman–Crippen LogP) is 1.10. The van der Waals surface area contributed by atoms with Gasteiger partial charge in [-0.25, -0.2) is 0 Å². The summed E-state index contributed by atoms with van der Waals surface area (Å²) in [7, 11) is 1.75. The Morgan fingerprint density at radius 1 is 1.11 bits per heavy atom. The standard InChI is InChI=1S/C20H25N7O/c1-27-12-14(11-25-27)18(28)26-19(24)20(9-2-10-20)15-5-3-13(4-6-15)16(21)7-8-17(22)23/h3-8,11-12H,2,9-10,21-23H2,1H3,(H2,24,26,28)/b16-7-. The van der Waals surface area contributed by atoms with Gasteiger partial charge >= 0.3 is 0 Å². The van der Waals surface area contributed by atoms with Crippen LogP contribution in [0.1, 0.15) is 40.7 Å². The molecule has 0 atom stereocenters. The molecular weight excluding hydrogens is 354 g/mol. The van der Waals surface area contributed by atoms with Crippen molar-refractivity contribution in [1.82, 2.24) is 9.78 Å². The SMILES string of the molecule is Cn1cc(C(=O)N=C(N)C2(c3ccc(/C(N)=C/C=C(N)N)cc3)CCC2)cn1. The molecule has 2 aromatic rings. The van der Waals surface area contributed by atoms with E-state index < -0.39 is 5.41 Å². The monoisotopic (exact) mass is 379 g/mol. The van der Waals surface area contributed by atoms with Crippen molar-refractivity contribution >= 4 is 17.4 Å². The Kier molecular flexibility index (Phi) is 5.21. The summed E-state index contributed by atoms with van der Waals surface area (Å²) in [6.07, 6.45) is 9.04. The van der Waals surface area contributed by atoms with Gasteiger partial charge in [0.2, 0.25) is 0 Å². The minimum atomic E-state index is -0.420. The molecule has 8 nitrogen and oxygen atoms in total. The molecular formula is C20H25N7O. The van der Waals surface area contributed by atoms with Crippen LogP contribution in [-0.2, 0) is 12.5 Å². The number of nitrogens with two attached hydrogens (primary N) is 4. The van der Waals surface area contributed by atoms with Crippen LogP contribution in [0.25, 0.3) is 5.70 Å². The molecule has 8 N–H and O–H groups in total. The molecule has 0 radical (unpaired) electrons. The van der Waals surface area contributed by atoms with Crippen molar-refractivity contribution in [1.29, 1.82) is 0 Å². The van der Waals surface area contributed by atoms with E-state index in [4.69, 9.17) is 22.9 Å². The maximum atomic E-state index is 12.4.